The van der Waals surface area contributed by atoms with Crippen molar-refractivity contribution in [3.63, 3.8) is 0 Å². The average Bonchev–Trinajstić information content (AvgIpc) is 2.30. The Bertz CT molecular complexity index is 201. The molecule has 0 radical (unpaired) electrons. The van der Waals surface area contributed by atoms with Gasteiger partial charge in [-0.1, -0.05) is 13.8 Å². The van der Waals surface area contributed by atoms with Crippen LogP contribution in [-0.4, -0.2) is 39.0 Å². The SMILES string of the molecule is CCC(C)(CCOCCCOC)CNC(C)(C)C. The van der Waals surface area contributed by atoms with Crippen LogP contribution in [0.3, 0.4) is 0 Å². The molecule has 3 nitrogen and oxygen atoms in total. The molecule has 0 saturated heterocycles. The van der Waals surface area contributed by atoms with E-state index in [1.54, 1.807) is 7.11 Å². The van der Waals surface area contributed by atoms with Crippen LogP contribution in [0.25, 0.3) is 0 Å². The van der Waals surface area contributed by atoms with E-state index in [0.29, 0.717) is 5.41 Å². The second-order valence-corrected chi connectivity index (χ2v) is 6.48. The van der Waals surface area contributed by atoms with Crippen molar-refractivity contribution in [3.05, 3.63) is 0 Å². The van der Waals surface area contributed by atoms with Gasteiger partial charge in [-0.05, 0) is 45.4 Å². The number of rotatable bonds is 10. The fourth-order valence-corrected chi connectivity index (χ4v) is 1.59. The van der Waals surface area contributed by atoms with Gasteiger partial charge in [0.15, 0.2) is 0 Å². The standard InChI is InChI=1S/C15H33NO2/c1-7-15(5,13-16-14(2,3)4)9-12-18-11-8-10-17-6/h16H,7-13H2,1-6H3. The molecule has 3 heteroatoms. The zero-order valence-corrected chi connectivity index (χ0v) is 13.3. The Morgan fingerprint density at radius 2 is 1.67 bits per heavy atom. The molecule has 0 aromatic rings. The largest absolute Gasteiger partial charge is 0.385 e. The molecule has 0 aromatic heterocycles. The number of nitrogens with one attached hydrogen (secondary N) is 1. The molecular weight excluding hydrogens is 226 g/mol. The van der Waals surface area contributed by atoms with Gasteiger partial charge in [0.05, 0.1) is 0 Å². The predicted octanol–water partition coefficient (Wildman–Crippen LogP) is 3.23. The van der Waals surface area contributed by atoms with Crippen LogP contribution in [0.1, 0.15) is 53.9 Å². The van der Waals surface area contributed by atoms with Gasteiger partial charge in [0.25, 0.3) is 0 Å². The molecule has 0 spiro atoms. The molecule has 110 valence electrons. The first-order valence-corrected chi connectivity index (χ1v) is 7.15. The average molecular weight is 259 g/mol. The smallest absolute Gasteiger partial charge is 0.0487 e. The third-order valence-corrected chi connectivity index (χ3v) is 3.39. The van der Waals surface area contributed by atoms with Crippen LogP contribution in [0.4, 0.5) is 0 Å². The van der Waals surface area contributed by atoms with Gasteiger partial charge in [0.2, 0.25) is 0 Å². The van der Waals surface area contributed by atoms with Gasteiger partial charge >= 0.3 is 0 Å². The summed E-state index contributed by atoms with van der Waals surface area (Å²) in [7, 11) is 1.73. The molecule has 0 aliphatic rings. The highest BCUT2D eigenvalue weighted by Crippen LogP contribution is 2.25. The van der Waals surface area contributed by atoms with Gasteiger partial charge in [-0.3, -0.25) is 0 Å². The molecule has 0 aromatic carbocycles. The van der Waals surface area contributed by atoms with Crippen molar-refractivity contribution in [2.45, 2.75) is 59.4 Å². The quantitative estimate of drug-likeness (QED) is 0.611. The highest BCUT2D eigenvalue weighted by molar-refractivity contribution is 4.80. The van der Waals surface area contributed by atoms with Crippen molar-refractivity contribution in [2.24, 2.45) is 5.41 Å². The monoisotopic (exact) mass is 259 g/mol. The molecule has 0 bridgehead atoms. The van der Waals surface area contributed by atoms with Gasteiger partial charge in [0, 0.05) is 39.0 Å². The number of methoxy groups -OCH3 is 1. The van der Waals surface area contributed by atoms with E-state index in [9.17, 15) is 0 Å². The summed E-state index contributed by atoms with van der Waals surface area (Å²) in [6, 6.07) is 0. The molecule has 0 rings (SSSR count). The Labute approximate surface area is 114 Å². The molecule has 1 N–H and O–H groups in total. The fourth-order valence-electron chi connectivity index (χ4n) is 1.59. The lowest BCUT2D eigenvalue weighted by Crippen LogP contribution is -2.43. The van der Waals surface area contributed by atoms with Crippen LogP contribution in [0.5, 0.6) is 0 Å². The summed E-state index contributed by atoms with van der Waals surface area (Å²) >= 11 is 0. The van der Waals surface area contributed by atoms with E-state index in [-0.39, 0.29) is 5.54 Å². The normalized spacial score (nSPS) is 15.7. The predicted molar refractivity (Wildman–Crippen MR) is 78.1 cm³/mol. The number of ether oxygens (including phenoxy) is 2. The molecule has 0 amide bonds. The van der Waals surface area contributed by atoms with E-state index in [0.717, 1.165) is 39.2 Å². The van der Waals surface area contributed by atoms with E-state index >= 15 is 0 Å². The Kier molecular flexibility index (Phi) is 8.83. The Morgan fingerprint density at radius 3 is 2.17 bits per heavy atom. The Morgan fingerprint density at radius 1 is 1.00 bits per heavy atom. The number of hydrogen-bond acceptors (Lipinski definition) is 3. The summed E-state index contributed by atoms with van der Waals surface area (Å²) < 4.78 is 10.7. The maximum absolute atomic E-state index is 5.66. The van der Waals surface area contributed by atoms with Gasteiger partial charge < -0.3 is 14.8 Å². The van der Waals surface area contributed by atoms with Crippen molar-refractivity contribution in [1.82, 2.24) is 5.32 Å². The van der Waals surface area contributed by atoms with E-state index in [4.69, 9.17) is 9.47 Å². The topological polar surface area (TPSA) is 30.5 Å². The highest BCUT2D eigenvalue weighted by Gasteiger charge is 2.23. The van der Waals surface area contributed by atoms with Gasteiger partial charge in [-0.25, -0.2) is 0 Å². The first-order valence-electron chi connectivity index (χ1n) is 7.15. The first kappa shape index (κ1) is 17.9. The van der Waals surface area contributed by atoms with Gasteiger partial charge in [-0.15, -0.1) is 0 Å². The zero-order chi connectivity index (χ0) is 14.1. The summed E-state index contributed by atoms with van der Waals surface area (Å²) in [6.45, 7) is 14.7. The summed E-state index contributed by atoms with van der Waals surface area (Å²) in [5.41, 5.74) is 0.518. The van der Waals surface area contributed by atoms with Crippen molar-refractivity contribution in [1.29, 1.82) is 0 Å². The maximum Gasteiger partial charge on any atom is 0.0487 e. The van der Waals surface area contributed by atoms with E-state index in [2.05, 4.69) is 39.9 Å². The van der Waals surface area contributed by atoms with Crippen molar-refractivity contribution >= 4 is 0 Å². The Balaban J connectivity index is 3.79. The van der Waals surface area contributed by atoms with Crippen LogP contribution in [0, 0.1) is 5.41 Å². The Hall–Kier alpha value is -0.120. The second-order valence-electron chi connectivity index (χ2n) is 6.48. The third-order valence-electron chi connectivity index (χ3n) is 3.39. The van der Waals surface area contributed by atoms with E-state index < -0.39 is 0 Å². The first-order chi connectivity index (χ1) is 8.33. The third kappa shape index (κ3) is 9.86. The maximum atomic E-state index is 5.66. The van der Waals surface area contributed by atoms with Crippen LogP contribution in [0.2, 0.25) is 0 Å². The van der Waals surface area contributed by atoms with E-state index in [1.807, 2.05) is 0 Å². The lowest BCUT2D eigenvalue weighted by atomic mass is 9.83. The van der Waals surface area contributed by atoms with Crippen molar-refractivity contribution < 1.29 is 9.47 Å². The van der Waals surface area contributed by atoms with Crippen molar-refractivity contribution in [3.8, 4) is 0 Å². The van der Waals surface area contributed by atoms with Crippen LogP contribution in [0.15, 0.2) is 0 Å². The lowest BCUT2D eigenvalue weighted by molar-refractivity contribution is 0.0765. The summed E-state index contributed by atoms with van der Waals surface area (Å²) in [4.78, 5) is 0. The summed E-state index contributed by atoms with van der Waals surface area (Å²) in [5.74, 6) is 0. The summed E-state index contributed by atoms with van der Waals surface area (Å²) in [5, 5.41) is 3.60. The highest BCUT2D eigenvalue weighted by atomic mass is 16.5. The van der Waals surface area contributed by atoms with Gasteiger partial charge in [-0.2, -0.15) is 0 Å². The van der Waals surface area contributed by atoms with Crippen LogP contribution in [-0.2, 0) is 9.47 Å². The molecular formula is C15H33NO2. The molecule has 1 atom stereocenters. The molecule has 0 fully saturated rings. The molecule has 0 aliphatic carbocycles. The molecule has 18 heavy (non-hydrogen) atoms. The second kappa shape index (κ2) is 8.89. The summed E-state index contributed by atoms with van der Waals surface area (Å²) in [6.07, 6.45) is 3.27. The van der Waals surface area contributed by atoms with Crippen molar-refractivity contribution in [2.75, 3.05) is 33.5 Å². The van der Waals surface area contributed by atoms with Crippen LogP contribution < -0.4 is 5.32 Å². The molecule has 0 saturated carbocycles. The molecule has 0 aliphatic heterocycles. The lowest BCUT2D eigenvalue weighted by Gasteiger charge is -2.33. The number of hydrogen-bond donors (Lipinski definition) is 1. The van der Waals surface area contributed by atoms with Gasteiger partial charge in [0.1, 0.15) is 0 Å². The minimum Gasteiger partial charge on any atom is -0.385 e. The molecule has 1 unspecified atom stereocenters. The fraction of sp³-hybridized carbons (Fsp3) is 1.00. The van der Waals surface area contributed by atoms with Crippen LogP contribution >= 0.6 is 0 Å². The zero-order valence-electron chi connectivity index (χ0n) is 13.3. The van der Waals surface area contributed by atoms with E-state index in [1.165, 1.54) is 6.42 Å². The molecule has 0 heterocycles. The minimum absolute atomic E-state index is 0.190. The minimum atomic E-state index is 0.190.